The average Bonchev–Trinajstić information content (AvgIpc) is 2.70. The molecule has 0 saturated carbocycles. The number of hydrogen-bond donors (Lipinski definition) is 2. The average molecular weight is 221 g/mol. The number of nitrogens with two attached hydrogens (primary N) is 1. The lowest BCUT2D eigenvalue weighted by atomic mass is 10.0. The number of rotatable bonds is 3. The Bertz CT molecular complexity index is 356. The molecule has 0 bridgehead atoms. The van der Waals surface area contributed by atoms with Gasteiger partial charge >= 0.3 is 0 Å². The van der Waals surface area contributed by atoms with Crippen LogP contribution in [-0.2, 0) is 6.54 Å². The first kappa shape index (κ1) is 11.4. The van der Waals surface area contributed by atoms with E-state index in [1.165, 1.54) is 0 Å². The first-order chi connectivity index (χ1) is 7.77. The predicted octanol–water partition coefficient (Wildman–Crippen LogP) is 0.747. The SMILES string of the molecule is CC1CCN(c2ncccc2CN)C1CO. The van der Waals surface area contributed by atoms with Gasteiger partial charge in [0.1, 0.15) is 5.82 Å². The molecule has 2 atom stereocenters. The topological polar surface area (TPSA) is 62.4 Å². The Labute approximate surface area is 96.1 Å². The van der Waals surface area contributed by atoms with E-state index < -0.39 is 0 Å². The Morgan fingerprint density at radius 2 is 2.44 bits per heavy atom. The van der Waals surface area contributed by atoms with E-state index in [4.69, 9.17) is 5.73 Å². The molecule has 0 aromatic carbocycles. The van der Waals surface area contributed by atoms with Gasteiger partial charge in [-0.2, -0.15) is 0 Å². The third kappa shape index (κ3) is 1.90. The normalized spacial score (nSPS) is 25.1. The van der Waals surface area contributed by atoms with Gasteiger partial charge < -0.3 is 15.7 Å². The molecule has 4 heteroatoms. The minimum atomic E-state index is 0.181. The number of anilines is 1. The van der Waals surface area contributed by atoms with Gasteiger partial charge in [-0.15, -0.1) is 0 Å². The molecule has 1 fully saturated rings. The Kier molecular flexibility index (Phi) is 3.41. The fourth-order valence-corrected chi connectivity index (χ4v) is 2.40. The highest BCUT2D eigenvalue weighted by Gasteiger charge is 2.32. The molecule has 0 aliphatic carbocycles. The van der Waals surface area contributed by atoms with E-state index in [0.717, 1.165) is 24.3 Å². The van der Waals surface area contributed by atoms with Crippen molar-refractivity contribution >= 4 is 5.82 Å². The minimum Gasteiger partial charge on any atom is -0.394 e. The van der Waals surface area contributed by atoms with Crippen LogP contribution >= 0.6 is 0 Å². The molecule has 2 rings (SSSR count). The first-order valence-corrected chi connectivity index (χ1v) is 5.79. The lowest BCUT2D eigenvalue weighted by molar-refractivity contribution is 0.244. The van der Waals surface area contributed by atoms with Gasteiger partial charge in [0, 0.05) is 24.8 Å². The molecular weight excluding hydrogens is 202 g/mol. The van der Waals surface area contributed by atoms with Crippen molar-refractivity contribution in [3.8, 4) is 0 Å². The fraction of sp³-hybridized carbons (Fsp3) is 0.583. The van der Waals surface area contributed by atoms with Crippen molar-refractivity contribution in [1.29, 1.82) is 0 Å². The number of aliphatic hydroxyl groups excluding tert-OH is 1. The molecule has 3 N–H and O–H groups in total. The molecule has 1 saturated heterocycles. The zero-order valence-corrected chi connectivity index (χ0v) is 9.63. The highest BCUT2D eigenvalue weighted by Crippen LogP contribution is 2.29. The second-order valence-electron chi connectivity index (χ2n) is 4.40. The summed E-state index contributed by atoms with van der Waals surface area (Å²) in [5.74, 6) is 1.45. The Morgan fingerprint density at radius 1 is 1.62 bits per heavy atom. The van der Waals surface area contributed by atoms with Crippen molar-refractivity contribution in [2.75, 3.05) is 18.1 Å². The van der Waals surface area contributed by atoms with Crippen molar-refractivity contribution in [2.45, 2.75) is 25.9 Å². The summed E-state index contributed by atoms with van der Waals surface area (Å²) in [6.45, 7) is 3.80. The van der Waals surface area contributed by atoms with Gasteiger partial charge in [0.2, 0.25) is 0 Å². The Morgan fingerprint density at radius 3 is 3.12 bits per heavy atom. The summed E-state index contributed by atoms with van der Waals surface area (Å²) < 4.78 is 0. The summed E-state index contributed by atoms with van der Waals surface area (Å²) in [5, 5.41) is 9.43. The minimum absolute atomic E-state index is 0.181. The van der Waals surface area contributed by atoms with Gasteiger partial charge in [0.05, 0.1) is 12.6 Å². The number of aliphatic hydroxyl groups is 1. The molecule has 0 amide bonds. The van der Waals surface area contributed by atoms with Crippen molar-refractivity contribution in [3.63, 3.8) is 0 Å². The Balaban J connectivity index is 2.29. The van der Waals surface area contributed by atoms with Gasteiger partial charge in [0.15, 0.2) is 0 Å². The van der Waals surface area contributed by atoms with Crippen LogP contribution in [0.2, 0.25) is 0 Å². The van der Waals surface area contributed by atoms with Crippen LogP contribution in [0.5, 0.6) is 0 Å². The van der Waals surface area contributed by atoms with Crippen molar-refractivity contribution in [2.24, 2.45) is 11.7 Å². The third-order valence-corrected chi connectivity index (χ3v) is 3.43. The maximum atomic E-state index is 9.43. The van der Waals surface area contributed by atoms with Crippen LogP contribution in [0.3, 0.4) is 0 Å². The summed E-state index contributed by atoms with van der Waals surface area (Å²) in [6, 6.07) is 4.08. The fourth-order valence-electron chi connectivity index (χ4n) is 2.40. The third-order valence-electron chi connectivity index (χ3n) is 3.43. The monoisotopic (exact) mass is 221 g/mol. The van der Waals surface area contributed by atoms with Crippen molar-refractivity contribution in [3.05, 3.63) is 23.9 Å². The van der Waals surface area contributed by atoms with Gasteiger partial charge in [-0.25, -0.2) is 4.98 Å². The second-order valence-corrected chi connectivity index (χ2v) is 4.40. The van der Waals surface area contributed by atoms with Crippen LogP contribution < -0.4 is 10.6 Å². The molecule has 0 radical (unpaired) electrons. The second kappa shape index (κ2) is 4.80. The number of nitrogens with zero attached hydrogens (tertiary/aromatic N) is 2. The Hall–Kier alpha value is -1.13. The molecule has 16 heavy (non-hydrogen) atoms. The van der Waals surface area contributed by atoms with E-state index in [1.807, 2.05) is 12.1 Å². The zero-order chi connectivity index (χ0) is 11.5. The van der Waals surface area contributed by atoms with Crippen LogP contribution in [0, 0.1) is 5.92 Å². The number of aromatic nitrogens is 1. The summed E-state index contributed by atoms with van der Waals surface area (Å²) in [4.78, 5) is 6.59. The van der Waals surface area contributed by atoms with Gasteiger partial charge in [0.25, 0.3) is 0 Å². The van der Waals surface area contributed by atoms with Gasteiger partial charge in [-0.1, -0.05) is 13.0 Å². The molecule has 2 unspecified atom stereocenters. The number of hydrogen-bond acceptors (Lipinski definition) is 4. The van der Waals surface area contributed by atoms with E-state index in [2.05, 4.69) is 16.8 Å². The lowest BCUT2D eigenvalue weighted by Gasteiger charge is -2.27. The van der Waals surface area contributed by atoms with Crippen molar-refractivity contribution in [1.82, 2.24) is 4.98 Å². The maximum absolute atomic E-state index is 9.43. The number of pyridine rings is 1. The molecule has 1 aliphatic heterocycles. The van der Waals surface area contributed by atoms with Crippen LogP contribution in [0.4, 0.5) is 5.82 Å². The highest BCUT2D eigenvalue weighted by atomic mass is 16.3. The molecule has 0 spiro atoms. The first-order valence-electron chi connectivity index (χ1n) is 5.79. The summed E-state index contributed by atoms with van der Waals surface area (Å²) in [7, 11) is 0. The van der Waals surface area contributed by atoms with E-state index >= 15 is 0 Å². The predicted molar refractivity (Wildman–Crippen MR) is 64.1 cm³/mol. The van der Waals surface area contributed by atoms with E-state index in [-0.39, 0.29) is 12.6 Å². The lowest BCUT2D eigenvalue weighted by Crippen LogP contribution is -2.36. The largest absolute Gasteiger partial charge is 0.394 e. The van der Waals surface area contributed by atoms with Gasteiger partial charge in [-0.05, 0) is 18.4 Å². The van der Waals surface area contributed by atoms with Crippen molar-refractivity contribution < 1.29 is 5.11 Å². The van der Waals surface area contributed by atoms with Crippen LogP contribution in [-0.4, -0.2) is 29.3 Å². The van der Waals surface area contributed by atoms with Crippen LogP contribution in [0.25, 0.3) is 0 Å². The summed E-state index contributed by atoms with van der Waals surface area (Å²) in [6.07, 6.45) is 2.89. The summed E-state index contributed by atoms with van der Waals surface area (Å²) in [5.41, 5.74) is 6.76. The summed E-state index contributed by atoms with van der Waals surface area (Å²) >= 11 is 0. The zero-order valence-electron chi connectivity index (χ0n) is 9.63. The standard InChI is InChI=1S/C12H19N3O/c1-9-4-6-15(11(9)8-16)12-10(7-13)3-2-5-14-12/h2-3,5,9,11,16H,4,6-8,13H2,1H3. The molecule has 1 aliphatic rings. The van der Waals surface area contributed by atoms with E-state index in [1.54, 1.807) is 6.20 Å². The molecule has 1 aromatic rings. The molecular formula is C12H19N3O. The van der Waals surface area contributed by atoms with Crippen LogP contribution in [0.1, 0.15) is 18.9 Å². The molecule has 4 nitrogen and oxygen atoms in total. The maximum Gasteiger partial charge on any atom is 0.133 e. The smallest absolute Gasteiger partial charge is 0.133 e. The van der Waals surface area contributed by atoms with Crippen LogP contribution in [0.15, 0.2) is 18.3 Å². The quantitative estimate of drug-likeness (QED) is 0.790. The van der Waals surface area contributed by atoms with E-state index in [0.29, 0.717) is 12.5 Å². The molecule has 88 valence electrons. The van der Waals surface area contributed by atoms with E-state index in [9.17, 15) is 5.11 Å². The highest BCUT2D eigenvalue weighted by molar-refractivity contribution is 5.48. The van der Waals surface area contributed by atoms with Gasteiger partial charge in [-0.3, -0.25) is 0 Å². The molecule has 1 aromatic heterocycles. The molecule has 2 heterocycles.